The van der Waals surface area contributed by atoms with E-state index in [1.165, 1.54) is 0 Å². The first kappa shape index (κ1) is 26.5. The maximum absolute atomic E-state index is 5.26. The molecule has 8 rings (SSSR count). The Labute approximate surface area is 260 Å². The number of rotatable bonds is 6. The largest absolute Gasteiger partial charge is 0.308 e. The molecule has 3 aromatic carbocycles. The number of allylic oxidation sites excluding steroid dienone is 5. The van der Waals surface area contributed by atoms with Gasteiger partial charge in [0.25, 0.3) is 0 Å². The lowest BCUT2D eigenvalue weighted by molar-refractivity contribution is 1.05. The zero-order chi connectivity index (χ0) is 30.3. The standard InChI is InChI=1S/C40H29N5/c1-3-14-28(15-4-2)33-24-29(27-16-7-5-8-17-27)25-36(43-33)45-35-22-13-23-41-38(35)37-39-32(26-42-40(37)45)31-20-11-12-21-34(31)44(39)30-18-9-6-10-19-30/h3-26H,1H2,2H3/b15-4-,28-14+. The zero-order valence-corrected chi connectivity index (χ0v) is 24.8. The first-order valence-corrected chi connectivity index (χ1v) is 15.0. The van der Waals surface area contributed by atoms with Crippen LogP contribution in [-0.2, 0) is 0 Å². The Hall–Kier alpha value is -6.07. The van der Waals surface area contributed by atoms with E-state index in [9.17, 15) is 0 Å². The van der Waals surface area contributed by atoms with Crippen molar-refractivity contribution in [3.8, 4) is 22.6 Å². The number of benzene rings is 3. The van der Waals surface area contributed by atoms with Crippen molar-refractivity contribution in [1.82, 2.24) is 24.1 Å². The summed E-state index contributed by atoms with van der Waals surface area (Å²) in [6, 6.07) is 37.8. The number of para-hydroxylation sites is 2. The number of aromatic nitrogens is 5. The molecule has 0 aliphatic carbocycles. The van der Waals surface area contributed by atoms with Gasteiger partial charge in [0, 0.05) is 28.9 Å². The van der Waals surface area contributed by atoms with Gasteiger partial charge >= 0.3 is 0 Å². The lowest BCUT2D eigenvalue weighted by Gasteiger charge is -2.13. The molecule has 0 saturated carbocycles. The van der Waals surface area contributed by atoms with Crippen LogP contribution in [0.5, 0.6) is 0 Å². The highest BCUT2D eigenvalue weighted by atomic mass is 15.1. The second-order valence-corrected chi connectivity index (χ2v) is 10.9. The van der Waals surface area contributed by atoms with Gasteiger partial charge in [0.05, 0.1) is 27.6 Å². The Morgan fingerprint density at radius 3 is 2.29 bits per heavy atom. The van der Waals surface area contributed by atoms with Crippen molar-refractivity contribution < 1.29 is 0 Å². The van der Waals surface area contributed by atoms with Crippen molar-refractivity contribution in [3.05, 3.63) is 158 Å². The van der Waals surface area contributed by atoms with E-state index in [2.05, 4.69) is 113 Å². The van der Waals surface area contributed by atoms with Crippen molar-refractivity contribution >= 4 is 49.4 Å². The molecule has 8 aromatic rings. The predicted molar refractivity (Wildman–Crippen MR) is 187 cm³/mol. The summed E-state index contributed by atoms with van der Waals surface area (Å²) in [4.78, 5) is 15.4. The van der Waals surface area contributed by atoms with Crippen LogP contribution in [0.1, 0.15) is 12.6 Å². The van der Waals surface area contributed by atoms with E-state index < -0.39 is 0 Å². The van der Waals surface area contributed by atoms with E-state index in [1.807, 2.05) is 49.7 Å². The molecular weight excluding hydrogens is 550 g/mol. The quantitative estimate of drug-likeness (QED) is 0.184. The minimum atomic E-state index is 0.771. The Bertz CT molecular complexity index is 2440. The van der Waals surface area contributed by atoms with Crippen LogP contribution in [0.4, 0.5) is 0 Å². The van der Waals surface area contributed by atoms with Crippen LogP contribution in [-0.4, -0.2) is 24.1 Å². The van der Waals surface area contributed by atoms with E-state index in [-0.39, 0.29) is 0 Å². The van der Waals surface area contributed by atoms with Crippen molar-refractivity contribution in [1.29, 1.82) is 0 Å². The van der Waals surface area contributed by atoms with Crippen LogP contribution >= 0.6 is 0 Å². The van der Waals surface area contributed by atoms with Gasteiger partial charge in [-0.15, -0.1) is 0 Å². The van der Waals surface area contributed by atoms with E-state index in [1.54, 1.807) is 6.08 Å². The molecule has 0 N–H and O–H groups in total. The third kappa shape index (κ3) is 4.28. The molecule has 0 aliphatic heterocycles. The molecule has 0 spiro atoms. The second kappa shape index (κ2) is 10.9. The molecule has 45 heavy (non-hydrogen) atoms. The first-order valence-electron chi connectivity index (χ1n) is 15.0. The molecule has 0 radical (unpaired) electrons. The number of fused-ring (bicyclic) bond motifs is 7. The van der Waals surface area contributed by atoms with E-state index in [4.69, 9.17) is 15.0 Å². The number of pyridine rings is 3. The highest BCUT2D eigenvalue weighted by Crippen LogP contribution is 2.40. The second-order valence-electron chi connectivity index (χ2n) is 10.9. The summed E-state index contributed by atoms with van der Waals surface area (Å²) in [5, 5.41) is 3.23. The average Bonchev–Trinajstić information content (AvgIpc) is 3.62. The fourth-order valence-corrected chi connectivity index (χ4v) is 6.40. The lowest BCUT2D eigenvalue weighted by atomic mass is 10.0. The van der Waals surface area contributed by atoms with Crippen molar-refractivity contribution in [3.63, 3.8) is 0 Å². The number of nitrogens with zero attached hydrogens (tertiary/aromatic N) is 5. The predicted octanol–water partition coefficient (Wildman–Crippen LogP) is 9.88. The van der Waals surface area contributed by atoms with Crippen LogP contribution < -0.4 is 0 Å². The molecule has 5 heterocycles. The fraction of sp³-hybridized carbons (Fsp3) is 0.0250. The average molecular weight is 580 g/mol. The fourth-order valence-electron chi connectivity index (χ4n) is 6.40. The summed E-state index contributed by atoms with van der Waals surface area (Å²) in [5.41, 5.74) is 9.93. The van der Waals surface area contributed by atoms with Crippen LogP contribution in [0.15, 0.2) is 152 Å². The number of hydrogen-bond acceptors (Lipinski definition) is 3. The summed E-state index contributed by atoms with van der Waals surface area (Å²) >= 11 is 0. The summed E-state index contributed by atoms with van der Waals surface area (Å²) in [6.45, 7) is 5.97. The monoisotopic (exact) mass is 579 g/mol. The maximum Gasteiger partial charge on any atom is 0.150 e. The normalized spacial score (nSPS) is 12.2. The Balaban J connectivity index is 1.52. The number of hydrogen-bond donors (Lipinski definition) is 0. The Morgan fingerprint density at radius 2 is 1.49 bits per heavy atom. The summed E-state index contributed by atoms with van der Waals surface area (Å²) in [7, 11) is 0. The summed E-state index contributed by atoms with van der Waals surface area (Å²) in [5.74, 6) is 0.771. The van der Waals surface area contributed by atoms with Gasteiger partial charge in [-0.05, 0) is 66.1 Å². The highest BCUT2D eigenvalue weighted by Gasteiger charge is 2.23. The van der Waals surface area contributed by atoms with Crippen LogP contribution in [0.3, 0.4) is 0 Å². The van der Waals surface area contributed by atoms with E-state index >= 15 is 0 Å². The minimum absolute atomic E-state index is 0.771. The molecule has 0 atom stereocenters. The van der Waals surface area contributed by atoms with Gasteiger partial charge in [-0.3, -0.25) is 9.55 Å². The lowest BCUT2D eigenvalue weighted by Crippen LogP contribution is -2.02. The summed E-state index contributed by atoms with van der Waals surface area (Å²) in [6.07, 6.45) is 11.7. The van der Waals surface area contributed by atoms with Crippen LogP contribution in [0, 0.1) is 0 Å². The molecule has 5 nitrogen and oxygen atoms in total. The van der Waals surface area contributed by atoms with Gasteiger partial charge in [-0.1, -0.05) is 97.6 Å². The molecule has 0 aliphatic rings. The third-order valence-electron chi connectivity index (χ3n) is 8.27. The van der Waals surface area contributed by atoms with Crippen molar-refractivity contribution in [2.45, 2.75) is 6.92 Å². The Kier molecular flexibility index (Phi) is 6.42. The molecule has 0 bridgehead atoms. The van der Waals surface area contributed by atoms with Gasteiger partial charge in [-0.25, -0.2) is 9.97 Å². The topological polar surface area (TPSA) is 48.5 Å². The SMILES string of the molecule is C=C/C=C(\C=C/C)c1cc(-c2ccccc2)cc(-n2c3cccnc3c3c2ncc2c4ccccc4n(-c4ccccc4)c23)n1. The van der Waals surface area contributed by atoms with Gasteiger partial charge in [0.2, 0.25) is 0 Å². The third-order valence-corrected chi connectivity index (χ3v) is 8.27. The molecule has 0 unspecified atom stereocenters. The van der Waals surface area contributed by atoms with Crippen molar-refractivity contribution in [2.75, 3.05) is 0 Å². The molecule has 5 aromatic heterocycles. The molecular formula is C40H29N5. The van der Waals surface area contributed by atoms with E-state index in [0.29, 0.717) is 0 Å². The maximum atomic E-state index is 5.26. The Morgan fingerprint density at radius 1 is 0.733 bits per heavy atom. The van der Waals surface area contributed by atoms with Gasteiger partial charge in [-0.2, -0.15) is 0 Å². The molecule has 0 amide bonds. The van der Waals surface area contributed by atoms with Gasteiger partial charge in [0.15, 0.2) is 5.65 Å². The zero-order valence-electron chi connectivity index (χ0n) is 24.8. The summed E-state index contributed by atoms with van der Waals surface area (Å²) < 4.78 is 4.49. The first-order chi connectivity index (χ1) is 22.3. The van der Waals surface area contributed by atoms with Crippen LogP contribution in [0.25, 0.3) is 72.1 Å². The minimum Gasteiger partial charge on any atom is -0.308 e. The molecule has 0 fully saturated rings. The molecule has 214 valence electrons. The molecule has 5 heteroatoms. The van der Waals surface area contributed by atoms with Crippen LogP contribution in [0.2, 0.25) is 0 Å². The van der Waals surface area contributed by atoms with Gasteiger partial charge in [0.1, 0.15) is 11.3 Å². The van der Waals surface area contributed by atoms with Gasteiger partial charge < -0.3 is 4.57 Å². The highest BCUT2D eigenvalue weighted by molar-refractivity contribution is 6.24. The van der Waals surface area contributed by atoms with Crippen molar-refractivity contribution in [2.24, 2.45) is 0 Å². The van der Waals surface area contributed by atoms with E-state index in [0.717, 1.165) is 77.8 Å². The molecule has 0 saturated heterocycles. The smallest absolute Gasteiger partial charge is 0.150 e.